The molecule has 0 aliphatic heterocycles. The Morgan fingerprint density at radius 1 is 1.00 bits per heavy atom. The molecule has 0 saturated carbocycles. The lowest BCUT2D eigenvalue weighted by Gasteiger charge is -2.35. The van der Waals surface area contributed by atoms with Crippen molar-refractivity contribution in [2.24, 2.45) is 5.92 Å². The van der Waals surface area contributed by atoms with Crippen molar-refractivity contribution in [3.05, 3.63) is 0 Å². The van der Waals surface area contributed by atoms with Crippen LogP contribution in [0.25, 0.3) is 0 Å². The molecule has 19 heavy (non-hydrogen) atoms. The highest BCUT2D eigenvalue weighted by molar-refractivity contribution is 4.74. The maximum absolute atomic E-state index is 3.53. The molecule has 2 unspecified atom stereocenters. The third kappa shape index (κ3) is 9.42. The van der Waals surface area contributed by atoms with Crippen molar-refractivity contribution in [3.8, 4) is 0 Å². The van der Waals surface area contributed by atoms with E-state index >= 15 is 0 Å². The SMILES string of the molecule is CCN(C(C)CCCNCC(C)C)C(C)CN(C)C. The van der Waals surface area contributed by atoms with Crippen LogP contribution in [0.2, 0.25) is 0 Å². The smallest absolute Gasteiger partial charge is 0.0197 e. The van der Waals surface area contributed by atoms with Crippen LogP contribution in [0.4, 0.5) is 0 Å². The lowest BCUT2D eigenvalue weighted by molar-refractivity contribution is 0.129. The molecular formula is C16H37N3. The van der Waals surface area contributed by atoms with E-state index in [2.05, 4.69) is 63.8 Å². The van der Waals surface area contributed by atoms with Gasteiger partial charge in [-0.2, -0.15) is 0 Å². The minimum absolute atomic E-state index is 0.638. The Labute approximate surface area is 121 Å². The van der Waals surface area contributed by atoms with Crippen molar-refractivity contribution in [1.82, 2.24) is 15.1 Å². The first-order chi connectivity index (χ1) is 8.88. The molecule has 0 spiro atoms. The van der Waals surface area contributed by atoms with Gasteiger partial charge < -0.3 is 10.2 Å². The van der Waals surface area contributed by atoms with E-state index in [0.717, 1.165) is 32.1 Å². The van der Waals surface area contributed by atoms with Crippen molar-refractivity contribution in [1.29, 1.82) is 0 Å². The van der Waals surface area contributed by atoms with Crippen LogP contribution in [0.15, 0.2) is 0 Å². The van der Waals surface area contributed by atoms with Gasteiger partial charge in [0.25, 0.3) is 0 Å². The number of likely N-dealkylation sites (N-methyl/N-ethyl adjacent to an activating group) is 2. The van der Waals surface area contributed by atoms with Gasteiger partial charge in [-0.1, -0.05) is 20.8 Å². The monoisotopic (exact) mass is 271 g/mol. The summed E-state index contributed by atoms with van der Waals surface area (Å²) in [7, 11) is 4.32. The van der Waals surface area contributed by atoms with Gasteiger partial charge in [0.2, 0.25) is 0 Å². The molecule has 0 saturated heterocycles. The minimum atomic E-state index is 0.638. The number of hydrogen-bond donors (Lipinski definition) is 1. The van der Waals surface area contributed by atoms with Crippen molar-refractivity contribution in [3.63, 3.8) is 0 Å². The van der Waals surface area contributed by atoms with Crippen LogP contribution in [-0.2, 0) is 0 Å². The second kappa shape index (κ2) is 10.6. The summed E-state index contributed by atoms with van der Waals surface area (Å²) in [5, 5.41) is 3.53. The summed E-state index contributed by atoms with van der Waals surface area (Å²) < 4.78 is 0. The summed E-state index contributed by atoms with van der Waals surface area (Å²) >= 11 is 0. The Kier molecular flexibility index (Phi) is 10.6. The highest BCUT2D eigenvalue weighted by Gasteiger charge is 2.18. The van der Waals surface area contributed by atoms with E-state index in [-0.39, 0.29) is 0 Å². The van der Waals surface area contributed by atoms with Crippen LogP contribution in [0, 0.1) is 5.92 Å². The Morgan fingerprint density at radius 2 is 1.63 bits per heavy atom. The Bertz CT molecular complexity index is 204. The van der Waals surface area contributed by atoms with Crippen molar-refractivity contribution >= 4 is 0 Å². The van der Waals surface area contributed by atoms with E-state index < -0.39 is 0 Å². The van der Waals surface area contributed by atoms with Crippen LogP contribution >= 0.6 is 0 Å². The molecule has 3 nitrogen and oxygen atoms in total. The average molecular weight is 271 g/mol. The topological polar surface area (TPSA) is 18.5 Å². The Balaban J connectivity index is 3.90. The third-order valence-electron chi connectivity index (χ3n) is 3.65. The fraction of sp³-hybridized carbons (Fsp3) is 1.00. The van der Waals surface area contributed by atoms with Gasteiger partial charge in [0.15, 0.2) is 0 Å². The maximum atomic E-state index is 3.53. The van der Waals surface area contributed by atoms with E-state index in [9.17, 15) is 0 Å². The zero-order chi connectivity index (χ0) is 14.8. The number of nitrogens with one attached hydrogen (secondary N) is 1. The molecule has 0 bridgehead atoms. The number of nitrogens with zero attached hydrogens (tertiary/aromatic N) is 2. The van der Waals surface area contributed by atoms with Crippen LogP contribution in [0.3, 0.4) is 0 Å². The first-order valence-electron chi connectivity index (χ1n) is 7.99. The molecule has 0 fully saturated rings. The van der Waals surface area contributed by atoms with Gasteiger partial charge in [-0.05, 0) is 66.3 Å². The van der Waals surface area contributed by atoms with Gasteiger partial charge in [0.05, 0.1) is 0 Å². The Morgan fingerprint density at radius 3 is 2.11 bits per heavy atom. The summed E-state index contributed by atoms with van der Waals surface area (Å²) in [6, 6.07) is 1.32. The maximum Gasteiger partial charge on any atom is 0.0197 e. The normalized spacial score (nSPS) is 15.5. The van der Waals surface area contributed by atoms with E-state index in [1.165, 1.54) is 12.8 Å². The second-order valence-corrected chi connectivity index (χ2v) is 6.53. The molecule has 0 aliphatic rings. The standard InChI is InChI=1S/C16H37N3/c1-8-19(16(5)13-18(6)7)15(4)10-9-11-17-12-14(2)3/h14-17H,8-13H2,1-7H3. The quantitative estimate of drug-likeness (QED) is 0.583. The molecule has 1 N–H and O–H groups in total. The van der Waals surface area contributed by atoms with Crippen LogP contribution < -0.4 is 5.32 Å². The summed E-state index contributed by atoms with van der Waals surface area (Å²) in [4.78, 5) is 4.91. The predicted octanol–water partition coefficient (Wildman–Crippen LogP) is 2.67. The van der Waals surface area contributed by atoms with Crippen molar-refractivity contribution < 1.29 is 0 Å². The van der Waals surface area contributed by atoms with Crippen LogP contribution in [-0.4, -0.2) is 62.2 Å². The predicted molar refractivity (Wildman–Crippen MR) is 86.8 cm³/mol. The van der Waals surface area contributed by atoms with Gasteiger partial charge in [0.1, 0.15) is 0 Å². The second-order valence-electron chi connectivity index (χ2n) is 6.53. The summed E-state index contributed by atoms with van der Waals surface area (Å²) in [5.41, 5.74) is 0. The van der Waals surface area contributed by atoms with Gasteiger partial charge in [-0.15, -0.1) is 0 Å². The van der Waals surface area contributed by atoms with Gasteiger partial charge in [-0.25, -0.2) is 0 Å². The highest BCUT2D eigenvalue weighted by atomic mass is 15.2. The Hall–Kier alpha value is -0.120. The first kappa shape index (κ1) is 18.9. The molecule has 0 aromatic rings. The lowest BCUT2D eigenvalue weighted by atomic mass is 10.1. The molecule has 0 aromatic heterocycles. The van der Waals surface area contributed by atoms with Crippen molar-refractivity contribution in [2.75, 3.05) is 40.3 Å². The molecule has 3 heteroatoms. The molecule has 0 amide bonds. The van der Waals surface area contributed by atoms with E-state index in [4.69, 9.17) is 0 Å². The van der Waals surface area contributed by atoms with Crippen LogP contribution in [0.5, 0.6) is 0 Å². The fourth-order valence-electron chi connectivity index (χ4n) is 2.77. The fourth-order valence-corrected chi connectivity index (χ4v) is 2.77. The van der Waals surface area contributed by atoms with Crippen molar-refractivity contribution in [2.45, 2.75) is 59.5 Å². The third-order valence-corrected chi connectivity index (χ3v) is 3.65. The van der Waals surface area contributed by atoms with Gasteiger partial charge >= 0.3 is 0 Å². The summed E-state index contributed by atoms with van der Waals surface area (Å²) in [5.74, 6) is 0.754. The molecule has 0 aliphatic carbocycles. The zero-order valence-electron chi connectivity index (χ0n) is 14.4. The van der Waals surface area contributed by atoms with Crippen LogP contribution in [0.1, 0.15) is 47.5 Å². The first-order valence-corrected chi connectivity index (χ1v) is 7.99. The molecular weight excluding hydrogens is 234 g/mol. The molecule has 116 valence electrons. The molecule has 0 aromatic carbocycles. The number of hydrogen-bond acceptors (Lipinski definition) is 3. The molecule has 2 atom stereocenters. The minimum Gasteiger partial charge on any atom is -0.316 e. The number of rotatable bonds is 11. The van der Waals surface area contributed by atoms with Gasteiger partial charge in [0, 0.05) is 18.6 Å². The van der Waals surface area contributed by atoms with E-state index in [1.54, 1.807) is 0 Å². The molecule has 0 rings (SSSR count). The zero-order valence-corrected chi connectivity index (χ0v) is 14.4. The molecule has 0 radical (unpaired) electrons. The largest absolute Gasteiger partial charge is 0.316 e. The summed E-state index contributed by atoms with van der Waals surface area (Å²) in [6.45, 7) is 16.1. The van der Waals surface area contributed by atoms with E-state index in [1.807, 2.05) is 0 Å². The van der Waals surface area contributed by atoms with Gasteiger partial charge in [-0.3, -0.25) is 4.90 Å². The lowest BCUT2D eigenvalue weighted by Crippen LogP contribution is -2.45. The highest BCUT2D eigenvalue weighted by Crippen LogP contribution is 2.11. The summed E-state index contributed by atoms with van der Waals surface area (Å²) in [6.07, 6.45) is 2.57. The molecule has 0 heterocycles. The average Bonchev–Trinajstić information content (AvgIpc) is 2.27. The van der Waals surface area contributed by atoms with E-state index in [0.29, 0.717) is 12.1 Å².